The maximum Gasteiger partial charge on any atom is 0.246 e. The Morgan fingerprint density at radius 2 is 1.92 bits per heavy atom. The van der Waals surface area contributed by atoms with Gasteiger partial charge in [0.25, 0.3) is 0 Å². The summed E-state index contributed by atoms with van der Waals surface area (Å²) >= 11 is 1.63. The molecule has 0 N–H and O–H groups in total. The number of ether oxygens (including phenoxy) is 3. The molecule has 2 aromatic carbocycles. The van der Waals surface area contributed by atoms with Gasteiger partial charge in [-0.2, -0.15) is 0 Å². The zero-order valence-electron chi connectivity index (χ0n) is 13.3. The molecule has 6 heteroatoms. The Bertz CT molecular complexity index is 706. The second kappa shape index (κ2) is 8.06. The van der Waals surface area contributed by atoms with Gasteiger partial charge >= 0.3 is 0 Å². The summed E-state index contributed by atoms with van der Waals surface area (Å²) in [6.45, 7) is 3.20. The normalized spacial score (nSPS) is 14.8. The molecule has 1 atom stereocenters. The highest BCUT2D eigenvalue weighted by Crippen LogP contribution is 2.24. The van der Waals surface area contributed by atoms with Crippen LogP contribution in [0.5, 0.6) is 17.2 Å². The number of thioether (sulfide) groups is 1. The maximum absolute atomic E-state index is 13.1. The van der Waals surface area contributed by atoms with Crippen LogP contribution in [0, 0.1) is 5.82 Å². The lowest BCUT2D eigenvalue weighted by molar-refractivity contribution is 0.138. The lowest BCUT2D eigenvalue weighted by atomic mass is 10.3. The molecule has 3 rings (SSSR count). The summed E-state index contributed by atoms with van der Waals surface area (Å²) in [6.07, 6.45) is -0.0717. The minimum atomic E-state index is -0.327. The molecule has 1 aliphatic heterocycles. The molecule has 1 heterocycles. The number of halogens is 1. The van der Waals surface area contributed by atoms with Crippen molar-refractivity contribution in [1.82, 2.24) is 0 Å². The predicted octanol–water partition coefficient (Wildman–Crippen LogP) is 4.50. The molecule has 0 saturated heterocycles. The van der Waals surface area contributed by atoms with Crippen LogP contribution >= 0.6 is 11.8 Å². The van der Waals surface area contributed by atoms with Crippen molar-refractivity contribution < 1.29 is 18.6 Å². The van der Waals surface area contributed by atoms with Crippen LogP contribution in [0.25, 0.3) is 0 Å². The summed E-state index contributed by atoms with van der Waals surface area (Å²) in [6, 6.07) is 13.2. The van der Waals surface area contributed by atoms with E-state index in [0.717, 1.165) is 23.3 Å². The molecule has 2 aromatic rings. The van der Waals surface area contributed by atoms with Gasteiger partial charge in [-0.3, -0.25) is 0 Å². The zero-order valence-corrected chi connectivity index (χ0v) is 14.1. The Labute approximate surface area is 144 Å². The van der Waals surface area contributed by atoms with Crippen molar-refractivity contribution in [3.8, 4) is 17.2 Å². The molecule has 0 radical (unpaired) electrons. The second-order valence-electron chi connectivity index (χ2n) is 5.27. The highest BCUT2D eigenvalue weighted by atomic mass is 32.2. The average Bonchev–Trinajstić information content (AvgIpc) is 3.07. The van der Waals surface area contributed by atoms with Crippen molar-refractivity contribution >= 4 is 17.0 Å². The minimum Gasteiger partial charge on any atom is -0.490 e. The Balaban J connectivity index is 1.49. The number of hydrogen-bond acceptors (Lipinski definition) is 5. The highest BCUT2D eigenvalue weighted by molar-refractivity contribution is 8.13. The fourth-order valence-electron chi connectivity index (χ4n) is 2.08. The van der Waals surface area contributed by atoms with Gasteiger partial charge < -0.3 is 14.2 Å². The van der Waals surface area contributed by atoms with Gasteiger partial charge in [-0.05, 0) is 43.3 Å². The fraction of sp³-hybridized carbons (Fsp3) is 0.278. The van der Waals surface area contributed by atoms with Crippen molar-refractivity contribution in [3.05, 3.63) is 54.3 Å². The van der Waals surface area contributed by atoms with E-state index in [1.165, 1.54) is 12.1 Å². The van der Waals surface area contributed by atoms with E-state index in [1.807, 2.05) is 19.1 Å². The van der Waals surface area contributed by atoms with Crippen LogP contribution in [0.3, 0.4) is 0 Å². The van der Waals surface area contributed by atoms with Crippen molar-refractivity contribution in [2.75, 3.05) is 18.9 Å². The predicted molar refractivity (Wildman–Crippen MR) is 93.7 cm³/mol. The largest absolute Gasteiger partial charge is 0.490 e. The van der Waals surface area contributed by atoms with Crippen LogP contribution in [0.4, 0.5) is 4.39 Å². The van der Waals surface area contributed by atoms with Gasteiger partial charge in [-0.15, -0.1) is 0 Å². The van der Waals surface area contributed by atoms with Gasteiger partial charge in [0.1, 0.15) is 35.8 Å². The summed E-state index contributed by atoms with van der Waals surface area (Å²) in [5.74, 6) is 2.45. The van der Waals surface area contributed by atoms with Crippen molar-refractivity contribution in [1.29, 1.82) is 0 Å². The second-order valence-corrected chi connectivity index (χ2v) is 6.31. The number of rotatable bonds is 6. The molecule has 24 heavy (non-hydrogen) atoms. The van der Waals surface area contributed by atoms with Crippen LogP contribution in [0.2, 0.25) is 0 Å². The lowest BCUT2D eigenvalue weighted by Crippen LogP contribution is -2.20. The topological polar surface area (TPSA) is 40.0 Å². The van der Waals surface area contributed by atoms with Gasteiger partial charge in [0, 0.05) is 11.8 Å². The third-order valence-corrected chi connectivity index (χ3v) is 4.06. The minimum absolute atomic E-state index is 0.0717. The first-order valence-corrected chi connectivity index (χ1v) is 8.68. The molecule has 0 aromatic heterocycles. The highest BCUT2D eigenvalue weighted by Gasteiger charge is 2.13. The van der Waals surface area contributed by atoms with Crippen LogP contribution < -0.4 is 9.47 Å². The Morgan fingerprint density at radius 3 is 2.62 bits per heavy atom. The Morgan fingerprint density at radius 1 is 1.12 bits per heavy atom. The number of aliphatic imine (C=N–C) groups is 1. The average molecular weight is 347 g/mol. The molecule has 0 bridgehead atoms. The standard InChI is InChI=1S/C18H18FNO3S/c1-13(22-18-20-9-10-24-18)12-21-15-5-7-16(8-6-15)23-17-4-2-3-14(19)11-17/h2-8,11,13H,9-10,12H2,1H3. The van der Waals surface area contributed by atoms with Crippen molar-refractivity contribution in [3.63, 3.8) is 0 Å². The summed E-state index contributed by atoms with van der Waals surface area (Å²) in [5.41, 5.74) is 0. The van der Waals surface area contributed by atoms with E-state index in [1.54, 1.807) is 36.0 Å². The first-order chi connectivity index (χ1) is 11.7. The van der Waals surface area contributed by atoms with E-state index in [4.69, 9.17) is 14.2 Å². The van der Waals surface area contributed by atoms with E-state index < -0.39 is 0 Å². The molecule has 0 spiro atoms. The van der Waals surface area contributed by atoms with E-state index in [9.17, 15) is 4.39 Å². The van der Waals surface area contributed by atoms with Crippen LogP contribution in [0.1, 0.15) is 6.92 Å². The third kappa shape index (κ3) is 4.89. The smallest absolute Gasteiger partial charge is 0.246 e. The van der Waals surface area contributed by atoms with E-state index in [-0.39, 0.29) is 11.9 Å². The summed E-state index contributed by atoms with van der Waals surface area (Å²) in [7, 11) is 0. The van der Waals surface area contributed by atoms with Gasteiger partial charge in [-0.25, -0.2) is 9.38 Å². The zero-order chi connectivity index (χ0) is 16.8. The molecule has 0 amide bonds. The summed E-state index contributed by atoms with van der Waals surface area (Å²) < 4.78 is 30.1. The van der Waals surface area contributed by atoms with E-state index >= 15 is 0 Å². The van der Waals surface area contributed by atoms with Gasteiger partial charge in [0.2, 0.25) is 5.23 Å². The molecule has 4 nitrogen and oxygen atoms in total. The van der Waals surface area contributed by atoms with E-state index in [0.29, 0.717) is 18.1 Å². The molecule has 1 aliphatic rings. The maximum atomic E-state index is 13.1. The molecular formula is C18H18FNO3S. The molecular weight excluding hydrogens is 329 g/mol. The van der Waals surface area contributed by atoms with Crippen LogP contribution in [-0.4, -0.2) is 30.2 Å². The molecule has 1 unspecified atom stereocenters. The van der Waals surface area contributed by atoms with Crippen LogP contribution in [0.15, 0.2) is 53.5 Å². The number of benzene rings is 2. The first kappa shape index (κ1) is 16.6. The van der Waals surface area contributed by atoms with Gasteiger partial charge in [0.05, 0.1) is 6.54 Å². The Hall–Kier alpha value is -2.21. The van der Waals surface area contributed by atoms with Crippen molar-refractivity contribution in [2.45, 2.75) is 13.0 Å². The fourth-order valence-corrected chi connectivity index (χ4v) is 2.85. The van der Waals surface area contributed by atoms with Gasteiger partial charge in [-0.1, -0.05) is 17.8 Å². The number of hydrogen-bond donors (Lipinski definition) is 0. The lowest BCUT2D eigenvalue weighted by Gasteiger charge is -2.15. The van der Waals surface area contributed by atoms with Gasteiger partial charge in [0.15, 0.2) is 0 Å². The molecule has 126 valence electrons. The summed E-state index contributed by atoms with van der Waals surface area (Å²) in [5, 5.41) is 0.741. The van der Waals surface area contributed by atoms with Crippen molar-refractivity contribution in [2.24, 2.45) is 4.99 Å². The van der Waals surface area contributed by atoms with E-state index in [2.05, 4.69) is 4.99 Å². The quantitative estimate of drug-likeness (QED) is 0.771. The monoisotopic (exact) mass is 347 g/mol. The third-order valence-electron chi connectivity index (χ3n) is 3.20. The molecule has 0 fully saturated rings. The number of nitrogens with zero attached hydrogens (tertiary/aromatic N) is 1. The molecule has 0 aliphatic carbocycles. The summed E-state index contributed by atoms with van der Waals surface area (Å²) in [4.78, 5) is 4.25. The van der Waals surface area contributed by atoms with Crippen LogP contribution in [-0.2, 0) is 4.74 Å². The molecule has 0 saturated carbocycles. The Kier molecular flexibility index (Phi) is 5.59. The first-order valence-electron chi connectivity index (χ1n) is 7.69. The SMILES string of the molecule is CC(COc1ccc(Oc2cccc(F)c2)cc1)OC1=NCCS1.